The molecule has 2 aromatic rings. The van der Waals surface area contributed by atoms with Gasteiger partial charge >= 0.3 is 12.4 Å². The molecule has 0 spiro atoms. The molecule has 0 saturated carbocycles. The molecule has 0 aliphatic heterocycles. The van der Waals surface area contributed by atoms with E-state index in [0.29, 0.717) is 18.2 Å². The molecule has 0 atom stereocenters. The van der Waals surface area contributed by atoms with Gasteiger partial charge in [-0.25, -0.2) is 8.78 Å². The van der Waals surface area contributed by atoms with Crippen molar-refractivity contribution in [1.82, 2.24) is 0 Å². The van der Waals surface area contributed by atoms with E-state index in [1.165, 1.54) is 0 Å². The van der Waals surface area contributed by atoms with Gasteiger partial charge in [-0.3, -0.25) is 9.59 Å². The molecule has 0 N–H and O–H groups in total. The van der Waals surface area contributed by atoms with Crippen LogP contribution in [0.25, 0.3) is 0 Å². The van der Waals surface area contributed by atoms with Crippen molar-refractivity contribution in [1.29, 1.82) is 0 Å². The minimum Gasteiger partial charge on any atom is -0.275 e. The highest BCUT2D eigenvalue weighted by atomic mass is 35.5. The van der Waals surface area contributed by atoms with E-state index >= 15 is 0 Å². The molecule has 0 saturated heterocycles. The van der Waals surface area contributed by atoms with Gasteiger partial charge in [-0.15, -0.1) is 0 Å². The predicted octanol–water partition coefficient (Wildman–Crippen LogP) is 6.45. The van der Waals surface area contributed by atoms with Gasteiger partial charge in [0.15, 0.2) is 0 Å². The van der Waals surface area contributed by atoms with Crippen molar-refractivity contribution in [3.63, 3.8) is 0 Å². The van der Waals surface area contributed by atoms with Crippen LogP contribution in [0.5, 0.6) is 0 Å². The van der Waals surface area contributed by atoms with Gasteiger partial charge < -0.3 is 0 Å². The highest BCUT2D eigenvalue weighted by molar-refractivity contribution is 6.68. The lowest BCUT2D eigenvalue weighted by atomic mass is 10.1. The molecule has 2 nitrogen and oxygen atoms in total. The summed E-state index contributed by atoms with van der Waals surface area (Å²) in [5.74, 6) is -2.92. The molecule has 0 radical (unpaired) electrons. The molecule has 0 aliphatic carbocycles. The minimum absolute atomic E-state index is 0.232. The molecule has 0 heterocycles. The van der Waals surface area contributed by atoms with E-state index in [-0.39, 0.29) is 6.07 Å². The second-order valence-electron chi connectivity index (χ2n) is 4.90. The fraction of sp³-hybridized carbons (Fsp3) is 0.125. The smallest absolute Gasteiger partial charge is 0.275 e. The molecule has 0 fully saturated rings. The van der Waals surface area contributed by atoms with Gasteiger partial charge in [-0.1, -0.05) is 6.07 Å². The van der Waals surface area contributed by atoms with Gasteiger partial charge in [0, 0.05) is 0 Å². The molecule has 2 aromatic carbocycles. The van der Waals surface area contributed by atoms with Crippen molar-refractivity contribution in [2.75, 3.05) is 0 Å². The Kier molecular flexibility index (Phi) is 7.55. The van der Waals surface area contributed by atoms with E-state index in [9.17, 15) is 44.7 Å². The highest BCUT2D eigenvalue weighted by Gasteiger charge is 2.35. The Labute approximate surface area is 161 Å². The van der Waals surface area contributed by atoms with E-state index in [2.05, 4.69) is 0 Å². The first kappa shape index (κ1) is 23.8. The zero-order valence-corrected chi connectivity index (χ0v) is 14.6. The van der Waals surface area contributed by atoms with Crippen molar-refractivity contribution in [3.8, 4) is 0 Å². The summed E-state index contributed by atoms with van der Waals surface area (Å²) in [6.07, 6.45) is -9.46. The molecule has 2 rings (SSSR count). The summed E-state index contributed by atoms with van der Waals surface area (Å²) in [6.45, 7) is 0. The second kappa shape index (κ2) is 8.87. The van der Waals surface area contributed by atoms with E-state index in [4.69, 9.17) is 23.2 Å². The van der Waals surface area contributed by atoms with Gasteiger partial charge in [0.1, 0.15) is 11.6 Å². The monoisotopic (exact) mass is 452 g/mol. The zero-order valence-electron chi connectivity index (χ0n) is 13.1. The van der Waals surface area contributed by atoms with Crippen molar-refractivity contribution in [3.05, 3.63) is 70.3 Å². The highest BCUT2D eigenvalue weighted by Crippen LogP contribution is 2.32. The van der Waals surface area contributed by atoms with Gasteiger partial charge in [-0.05, 0) is 53.5 Å². The third-order valence-electron chi connectivity index (χ3n) is 3.02. The quantitative estimate of drug-likeness (QED) is 0.387. The largest absolute Gasteiger partial charge is 0.419 e. The Bertz CT molecular complexity index is 891. The van der Waals surface area contributed by atoms with E-state index in [1.807, 2.05) is 0 Å². The maximum atomic E-state index is 13.0. The van der Waals surface area contributed by atoms with Crippen LogP contribution in [-0.2, 0) is 12.4 Å². The summed E-state index contributed by atoms with van der Waals surface area (Å²) >= 11 is 9.80. The van der Waals surface area contributed by atoms with Gasteiger partial charge in [0.2, 0.25) is 0 Å². The molecular weight excluding hydrogens is 447 g/mol. The van der Waals surface area contributed by atoms with Crippen LogP contribution in [0.1, 0.15) is 31.8 Å². The van der Waals surface area contributed by atoms with Crippen LogP contribution in [0, 0.1) is 11.6 Å². The maximum Gasteiger partial charge on any atom is 0.419 e. The molecule has 28 heavy (non-hydrogen) atoms. The minimum atomic E-state index is -4.83. The van der Waals surface area contributed by atoms with E-state index in [0.717, 1.165) is 12.1 Å². The maximum absolute atomic E-state index is 13.0. The number of carbonyl (C=O) groups is 2. The Morgan fingerprint density at radius 2 is 1.29 bits per heavy atom. The lowest BCUT2D eigenvalue weighted by Crippen LogP contribution is -2.10. The Hall–Kier alpha value is -2.20. The van der Waals surface area contributed by atoms with Crippen molar-refractivity contribution < 1.29 is 44.7 Å². The number of halogens is 10. The van der Waals surface area contributed by atoms with Crippen molar-refractivity contribution >= 4 is 33.7 Å². The van der Waals surface area contributed by atoms with E-state index < -0.39 is 56.7 Å². The lowest BCUT2D eigenvalue weighted by molar-refractivity contribution is -0.140. The topological polar surface area (TPSA) is 34.1 Å². The number of benzene rings is 2. The van der Waals surface area contributed by atoms with Crippen molar-refractivity contribution in [2.45, 2.75) is 12.4 Å². The van der Waals surface area contributed by atoms with E-state index in [1.54, 1.807) is 0 Å². The summed E-state index contributed by atoms with van der Waals surface area (Å²) in [5, 5.41) is -2.38. The first-order valence-electron chi connectivity index (χ1n) is 6.78. The Morgan fingerprint density at radius 1 is 0.750 bits per heavy atom. The fourth-order valence-electron chi connectivity index (χ4n) is 1.75. The standard InChI is InChI=1S/2C8H3ClF4O/c9-7(14)5-2-1-4(3-6(5)10)8(11,12)13;9-7(14)4-2-1-3-5(6(4)10)8(11,12)13/h2*1-3H. The molecule has 12 heteroatoms. The first-order valence-corrected chi connectivity index (χ1v) is 7.54. The summed E-state index contributed by atoms with van der Waals surface area (Å²) in [5.41, 5.74) is -4.00. The molecule has 0 unspecified atom stereocenters. The number of alkyl halides is 6. The molecule has 152 valence electrons. The second-order valence-corrected chi connectivity index (χ2v) is 5.59. The number of carbonyl (C=O) groups excluding carboxylic acids is 2. The van der Waals surface area contributed by atoms with Crippen LogP contribution in [-0.4, -0.2) is 10.5 Å². The summed E-state index contributed by atoms with van der Waals surface area (Å²) in [7, 11) is 0. The molecule has 0 aliphatic rings. The van der Waals surface area contributed by atoms with Crippen molar-refractivity contribution in [2.24, 2.45) is 0 Å². The number of hydrogen-bond acceptors (Lipinski definition) is 2. The number of hydrogen-bond donors (Lipinski definition) is 0. The van der Waals surface area contributed by atoms with Gasteiger partial charge in [0.25, 0.3) is 10.5 Å². The predicted molar refractivity (Wildman–Crippen MR) is 83.2 cm³/mol. The SMILES string of the molecule is O=C(Cl)c1ccc(C(F)(F)F)cc1F.O=C(Cl)c1cccc(C(F)(F)F)c1F. The lowest BCUT2D eigenvalue weighted by Gasteiger charge is -2.08. The van der Waals surface area contributed by atoms with Crippen LogP contribution in [0.15, 0.2) is 36.4 Å². The molecule has 0 bridgehead atoms. The number of rotatable bonds is 2. The third-order valence-corrected chi connectivity index (χ3v) is 3.43. The first-order chi connectivity index (χ1) is 12.7. The zero-order chi connectivity index (χ0) is 21.9. The van der Waals surface area contributed by atoms with Crippen LogP contribution in [0.2, 0.25) is 0 Å². The molecular formula is C16H6Cl2F8O2. The molecule has 0 aromatic heterocycles. The van der Waals surface area contributed by atoms with Gasteiger partial charge in [0.05, 0.1) is 22.3 Å². The summed E-state index contributed by atoms with van der Waals surface area (Å²) in [6, 6.07) is 3.88. The molecule has 0 amide bonds. The van der Waals surface area contributed by atoms with Crippen LogP contribution >= 0.6 is 23.2 Å². The van der Waals surface area contributed by atoms with Gasteiger partial charge in [-0.2, -0.15) is 26.3 Å². The van der Waals surface area contributed by atoms with Crippen LogP contribution in [0.4, 0.5) is 35.1 Å². The fourth-order valence-corrected chi connectivity index (χ4v) is 2.05. The normalized spacial score (nSPS) is 11.5. The Morgan fingerprint density at radius 3 is 1.68 bits per heavy atom. The van der Waals surface area contributed by atoms with Crippen LogP contribution in [0.3, 0.4) is 0 Å². The summed E-state index contributed by atoms with van der Waals surface area (Å²) < 4.78 is 98.2. The third kappa shape index (κ3) is 6.16. The Balaban J connectivity index is 0.000000280. The van der Waals surface area contributed by atoms with Crippen LogP contribution < -0.4 is 0 Å². The summed E-state index contributed by atoms with van der Waals surface area (Å²) in [4.78, 5) is 21.0. The average molecular weight is 453 g/mol. The average Bonchev–Trinajstić information content (AvgIpc) is 2.53.